The molecule has 0 spiro atoms. The molecule has 0 saturated carbocycles. The van der Waals surface area contributed by atoms with Crippen LogP contribution in [-0.2, 0) is 16.0 Å². The average molecular weight is 289 g/mol. The fourth-order valence-corrected chi connectivity index (χ4v) is 2.54. The summed E-state index contributed by atoms with van der Waals surface area (Å²) in [7, 11) is 0. The highest BCUT2D eigenvalue weighted by atomic mass is 16.2. The maximum Gasteiger partial charge on any atom is 0.235 e. The van der Waals surface area contributed by atoms with E-state index in [-0.39, 0.29) is 18.1 Å². The second kappa shape index (κ2) is 6.28. The molecule has 0 bridgehead atoms. The van der Waals surface area contributed by atoms with Gasteiger partial charge in [0.2, 0.25) is 11.7 Å². The second-order valence-corrected chi connectivity index (χ2v) is 5.14. The molecular weight excluding hydrogens is 274 g/mol. The molecule has 0 aromatic heterocycles. The van der Waals surface area contributed by atoms with Crippen molar-refractivity contribution in [3.63, 3.8) is 0 Å². The largest absolute Gasteiger partial charge is 0.311 e. The highest BCUT2D eigenvalue weighted by Crippen LogP contribution is 2.27. The molecule has 0 N–H and O–H groups in total. The van der Waals surface area contributed by atoms with Crippen molar-refractivity contribution in [2.45, 2.75) is 12.8 Å². The monoisotopic (exact) mass is 289 g/mol. The van der Waals surface area contributed by atoms with E-state index in [0.717, 1.165) is 23.2 Å². The first kappa shape index (κ1) is 14.1. The number of Topliss-reactive ketones (excluding diaryl/α,β-unsaturated/α-hetero) is 1. The number of nitrogens with zero attached hydrogens (tertiary/aromatic N) is 1. The Balaban J connectivity index is 1.66. The van der Waals surface area contributed by atoms with Gasteiger partial charge in [-0.25, -0.2) is 0 Å². The number of benzene rings is 2. The number of anilines is 1. The van der Waals surface area contributed by atoms with Crippen LogP contribution in [0, 0.1) is 11.8 Å². The molecule has 1 aliphatic rings. The quantitative estimate of drug-likeness (QED) is 0.629. The van der Waals surface area contributed by atoms with E-state index in [1.54, 1.807) is 4.90 Å². The minimum absolute atomic E-state index is 0.172. The van der Waals surface area contributed by atoms with Crippen molar-refractivity contribution in [3.05, 3.63) is 65.7 Å². The van der Waals surface area contributed by atoms with Crippen molar-refractivity contribution < 1.29 is 9.59 Å². The lowest BCUT2D eigenvalue weighted by atomic mass is 10.2. The number of rotatable bonds is 2. The molecule has 2 aromatic rings. The van der Waals surface area contributed by atoms with Gasteiger partial charge in [-0.2, -0.15) is 0 Å². The maximum atomic E-state index is 12.3. The number of hydrogen-bond donors (Lipinski definition) is 0. The van der Waals surface area contributed by atoms with Crippen molar-refractivity contribution in [1.82, 2.24) is 0 Å². The molecule has 0 atom stereocenters. The Morgan fingerprint density at radius 1 is 1.00 bits per heavy atom. The molecule has 108 valence electrons. The predicted octanol–water partition coefficient (Wildman–Crippen LogP) is 2.59. The Morgan fingerprint density at radius 3 is 2.55 bits per heavy atom. The molecular formula is C19H15NO2. The standard InChI is InChI=1S/C19H15NO2/c21-17(11-10-15-6-2-1-3-7-15)14-19(22)20-13-12-16-8-4-5-9-18(16)20/h1-9H,12-14H2. The van der Waals surface area contributed by atoms with Crippen LogP contribution in [0.4, 0.5) is 5.69 Å². The Kier molecular flexibility index (Phi) is 4.02. The zero-order chi connectivity index (χ0) is 15.4. The Bertz CT molecular complexity index is 769. The van der Waals surface area contributed by atoms with Gasteiger partial charge in [-0.05, 0) is 36.1 Å². The van der Waals surface area contributed by atoms with Crippen LogP contribution < -0.4 is 4.90 Å². The van der Waals surface area contributed by atoms with Gasteiger partial charge < -0.3 is 4.90 Å². The maximum absolute atomic E-state index is 12.3. The van der Waals surface area contributed by atoms with Crippen molar-refractivity contribution in [3.8, 4) is 11.8 Å². The molecule has 0 unspecified atom stereocenters. The highest BCUT2D eigenvalue weighted by Gasteiger charge is 2.24. The van der Waals surface area contributed by atoms with Gasteiger partial charge in [0.25, 0.3) is 0 Å². The van der Waals surface area contributed by atoms with Crippen LogP contribution in [0.5, 0.6) is 0 Å². The second-order valence-electron chi connectivity index (χ2n) is 5.14. The number of carbonyl (C=O) groups excluding carboxylic acids is 2. The zero-order valence-corrected chi connectivity index (χ0v) is 12.1. The molecule has 0 saturated heterocycles. The predicted molar refractivity (Wildman–Crippen MR) is 85.4 cm³/mol. The lowest BCUT2D eigenvalue weighted by molar-refractivity contribution is -0.124. The van der Waals surface area contributed by atoms with E-state index in [2.05, 4.69) is 11.8 Å². The van der Waals surface area contributed by atoms with Gasteiger partial charge in [0.15, 0.2) is 0 Å². The van der Waals surface area contributed by atoms with Crippen molar-refractivity contribution >= 4 is 17.4 Å². The molecule has 2 aromatic carbocycles. The summed E-state index contributed by atoms with van der Waals surface area (Å²) in [5.41, 5.74) is 2.84. The molecule has 3 nitrogen and oxygen atoms in total. The first-order valence-electron chi connectivity index (χ1n) is 7.22. The third-order valence-corrected chi connectivity index (χ3v) is 3.62. The number of hydrogen-bond acceptors (Lipinski definition) is 2. The number of amides is 1. The average Bonchev–Trinajstić information content (AvgIpc) is 2.98. The minimum Gasteiger partial charge on any atom is -0.311 e. The minimum atomic E-state index is -0.349. The summed E-state index contributed by atoms with van der Waals surface area (Å²) in [6.45, 7) is 0.636. The molecule has 0 radical (unpaired) electrons. The Labute approximate surface area is 129 Å². The Hall–Kier alpha value is -2.86. The number of para-hydroxylation sites is 1. The lowest BCUT2D eigenvalue weighted by Gasteiger charge is -2.16. The van der Waals surface area contributed by atoms with E-state index in [1.807, 2.05) is 54.6 Å². The summed E-state index contributed by atoms with van der Waals surface area (Å²) in [6.07, 6.45) is 0.667. The first-order chi connectivity index (χ1) is 10.7. The summed E-state index contributed by atoms with van der Waals surface area (Å²) in [5, 5.41) is 0. The van der Waals surface area contributed by atoms with Crippen LogP contribution in [0.15, 0.2) is 54.6 Å². The number of fused-ring (bicyclic) bond motifs is 1. The molecule has 22 heavy (non-hydrogen) atoms. The highest BCUT2D eigenvalue weighted by molar-refractivity contribution is 6.12. The van der Waals surface area contributed by atoms with Gasteiger partial charge in [-0.1, -0.05) is 42.3 Å². The van der Waals surface area contributed by atoms with Gasteiger partial charge >= 0.3 is 0 Å². The van der Waals surface area contributed by atoms with Crippen LogP contribution >= 0.6 is 0 Å². The summed E-state index contributed by atoms with van der Waals surface area (Å²) in [4.78, 5) is 25.8. The molecule has 1 amide bonds. The van der Waals surface area contributed by atoms with Crippen LogP contribution in [0.1, 0.15) is 17.5 Å². The zero-order valence-electron chi connectivity index (χ0n) is 12.1. The first-order valence-corrected chi connectivity index (χ1v) is 7.22. The molecule has 0 aliphatic carbocycles. The summed E-state index contributed by atoms with van der Waals surface area (Å²) in [5.74, 6) is 4.80. The molecule has 1 aliphatic heterocycles. The SMILES string of the molecule is O=C(C#Cc1ccccc1)CC(=O)N1CCc2ccccc21. The van der Waals surface area contributed by atoms with Gasteiger partial charge in [-0.15, -0.1) is 0 Å². The van der Waals surface area contributed by atoms with E-state index >= 15 is 0 Å². The van der Waals surface area contributed by atoms with Gasteiger partial charge in [0, 0.05) is 17.8 Å². The van der Waals surface area contributed by atoms with Crippen molar-refractivity contribution in [2.75, 3.05) is 11.4 Å². The third-order valence-electron chi connectivity index (χ3n) is 3.62. The van der Waals surface area contributed by atoms with E-state index in [1.165, 1.54) is 0 Å². The van der Waals surface area contributed by atoms with Crippen molar-refractivity contribution in [2.24, 2.45) is 0 Å². The van der Waals surface area contributed by atoms with Crippen molar-refractivity contribution in [1.29, 1.82) is 0 Å². The fraction of sp³-hybridized carbons (Fsp3) is 0.158. The third kappa shape index (κ3) is 3.07. The van der Waals surface area contributed by atoms with Gasteiger partial charge in [0.05, 0.1) is 6.42 Å². The number of carbonyl (C=O) groups is 2. The van der Waals surface area contributed by atoms with E-state index < -0.39 is 0 Å². The Morgan fingerprint density at radius 2 is 1.73 bits per heavy atom. The van der Waals surface area contributed by atoms with E-state index in [0.29, 0.717) is 6.54 Å². The molecule has 3 rings (SSSR count). The van der Waals surface area contributed by atoms with Crippen LogP contribution in [0.3, 0.4) is 0 Å². The smallest absolute Gasteiger partial charge is 0.235 e. The topological polar surface area (TPSA) is 37.4 Å². The number of ketones is 1. The van der Waals surface area contributed by atoms with E-state index in [4.69, 9.17) is 0 Å². The normalized spacial score (nSPS) is 12.3. The summed E-state index contributed by atoms with van der Waals surface area (Å²) in [6, 6.07) is 17.1. The van der Waals surface area contributed by atoms with Crippen LogP contribution in [-0.4, -0.2) is 18.2 Å². The molecule has 3 heteroatoms. The fourth-order valence-electron chi connectivity index (χ4n) is 2.54. The van der Waals surface area contributed by atoms with E-state index in [9.17, 15) is 9.59 Å². The van der Waals surface area contributed by atoms with Crippen LogP contribution in [0.2, 0.25) is 0 Å². The lowest BCUT2D eigenvalue weighted by Crippen LogP contribution is -2.30. The van der Waals surface area contributed by atoms with Crippen LogP contribution in [0.25, 0.3) is 0 Å². The van der Waals surface area contributed by atoms with Gasteiger partial charge in [-0.3, -0.25) is 9.59 Å². The summed E-state index contributed by atoms with van der Waals surface area (Å²) >= 11 is 0. The van der Waals surface area contributed by atoms with Gasteiger partial charge in [0.1, 0.15) is 0 Å². The molecule has 0 fully saturated rings. The summed E-state index contributed by atoms with van der Waals surface area (Å²) < 4.78 is 0. The molecule has 1 heterocycles.